The van der Waals surface area contributed by atoms with Crippen molar-refractivity contribution in [2.75, 3.05) is 24.7 Å². The van der Waals surface area contributed by atoms with Crippen LogP contribution >= 0.6 is 0 Å². The predicted molar refractivity (Wildman–Crippen MR) is 79.2 cm³/mol. The van der Waals surface area contributed by atoms with Gasteiger partial charge in [0.15, 0.2) is 0 Å². The average Bonchev–Trinajstić information content (AvgIpc) is 2.88. The fourth-order valence-electron chi connectivity index (χ4n) is 2.11. The number of rotatable bonds is 4. The second-order valence-electron chi connectivity index (χ2n) is 4.59. The van der Waals surface area contributed by atoms with E-state index in [-0.39, 0.29) is 25.7 Å². The molecular weight excluding hydrogens is 288 g/mol. The van der Waals surface area contributed by atoms with Crippen molar-refractivity contribution in [3.63, 3.8) is 0 Å². The third kappa shape index (κ3) is 3.43. The zero-order chi connectivity index (χ0) is 16.1. The van der Waals surface area contributed by atoms with Crippen molar-refractivity contribution in [2.45, 2.75) is 6.92 Å². The molecule has 1 aromatic rings. The van der Waals surface area contributed by atoms with E-state index in [4.69, 9.17) is 9.84 Å². The molecule has 1 fully saturated rings. The lowest BCUT2D eigenvalue weighted by molar-refractivity contribution is -0.137. The fraction of sp³-hybridized carbons (Fsp3) is 0.267. The molecule has 1 N–H and O–H groups in total. The van der Waals surface area contributed by atoms with Crippen molar-refractivity contribution in [3.05, 3.63) is 35.9 Å². The van der Waals surface area contributed by atoms with Crippen LogP contribution in [0.15, 0.2) is 30.3 Å². The van der Waals surface area contributed by atoms with E-state index in [1.165, 1.54) is 11.0 Å². The Balaban J connectivity index is 2.23. The summed E-state index contributed by atoms with van der Waals surface area (Å²) in [6.45, 7) is 1.79. The summed E-state index contributed by atoms with van der Waals surface area (Å²) in [5, 5.41) is 8.97. The molecule has 0 bridgehead atoms. The number of carboxylic acid groups (broad SMARTS) is 1. The normalized spacial score (nSPS) is 14.7. The van der Waals surface area contributed by atoms with Gasteiger partial charge in [-0.05, 0) is 24.6 Å². The summed E-state index contributed by atoms with van der Waals surface area (Å²) in [5.41, 5.74) is 1.19. The SMILES string of the molecule is CCOC(=O)C=Cc1ccccc1N1CN(C(=O)O)CC1=O. The quantitative estimate of drug-likeness (QED) is 0.673. The van der Waals surface area contributed by atoms with E-state index in [1.807, 2.05) is 0 Å². The van der Waals surface area contributed by atoms with Crippen LogP contribution in [0.4, 0.5) is 10.5 Å². The molecule has 1 saturated heterocycles. The molecule has 0 aromatic heterocycles. The van der Waals surface area contributed by atoms with Crippen LogP contribution in [0, 0.1) is 0 Å². The smallest absolute Gasteiger partial charge is 0.409 e. The molecule has 1 aliphatic heterocycles. The number of hydrogen-bond acceptors (Lipinski definition) is 4. The minimum atomic E-state index is -1.14. The Morgan fingerprint density at radius 3 is 2.73 bits per heavy atom. The summed E-state index contributed by atoms with van der Waals surface area (Å²) in [6.07, 6.45) is 1.68. The molecule has 116 valence electrons. The van der Waals surface area contributed by atoms with Gasteiger partial charge in [-0.25, -0.2) is 9.59 Å². The minimum Gasteiger partial charge on any atom is -0.465 e. The summed E-state index contributed by atoms with van der Waals surface area (Å²) in [7, 11) is 0. The van der Waals surface area contributed by atoms with Crippen molar-refractivity contribution >= 4 is 29.7 Å². The van der Waals surface area contributed by atoms with E-state index >= 15 is 0 Å². The fourth-order valence-corrected chi connectivity index (χ4v) is 2.11. The van der Waals surface area contributed by atoms with Gasteiger partial charge in [-0.1, -0.05) is 18.2 Å². The van der Waals surface area contributed by atoms with Gasteiger partial charge in [0.05, 0.1) is 12.3 Å². The van der Waals surface area contributed by atoms with Crippen LogP contribution in [-0.2, 0) is 14.3 Å². The van der Waals surface area contributed by atoms with E-state index in [1.54, 1.807) is 37.3 Å². The van der Waals surface area contributed by atoms with Crippen LogP contribution < -0.4 is 4.90 Å². The zero-order valence-electron chi connectivity index (χ0n) is 12.1. The van der Waals surface area contributed by atoms with Crippen LogP contribution in [0.5, 0.6) is 0 Å². The molecule has 0 unspecified atom stereocenters. The van der Waals surface area contributed by atoms with Crippen LogP contribution in [0.3, 0.4) is 0 Å². The van der Waals surface area contributed by atoms with Gasteiger partial charge in [-0.15, -0.1) is 0 Å². The first-order valence-corrected chi connectivity index (χ1v) is 6.75. The molecule has 2 amide bonds. The third-order valence-electron chi connectivity index (χ3n) is 3.12. The molecule has 1 aliphatic rings. The Hall–Kier alpha value is -2.83. The maximum Gasteiger partial charge on any atom is 0.409 e. The Labute approximate surface area is 127 Å². The lowest BCUT2D eigenvalue weighted by Gasteiger charge is -2.18. The summed E-state index contributed by atoms with van der Waals surface area (Å²) in [4.78, 5) is 36.7. The number of anilines is 1. The first-order chi connectivity index (χ1) is 10.5. The summed E-state index contributed by atoms with van der Waals surface area (Å²) >= 11 is 0. The number of carbonyl (C=O) groups excluding carboxylic acids is 2. The molecule has 0 saturated carbocycles. The Morgan fingerprint density at radius 1 is 1.36 bits per heavy atom. The van der Waals surface area contributed by atoms with Gasteiger partial charge < -0.3 is 9.84 Å². The molecule has 0 aliphatic carbocycles. The lowest BCUT2D eigenvalue weighted by atomic mass is 10.1. The number of carbonyl (C=O) groups is 3. The molecule has 0 atom stereocenters. The highest BCUT2D eigenvalue weighted by Crippen LogP contribution is 2.25. The van der Waals surface area contributed by atoms with Gasteiger partial charge in [0.2, 0.25) is 5.91 Å². The number of ether oxygens (including phenoxy) is 1. The van der Waals surface area contributed by atoms with Crippen LogP contribution in [0.2, 0.25) is 0 Å². The number of para-hydroxylation sites is 1. The van der Waals surface area contributed by atoms with Gasteiger partial charge in [0, 0.05) is 6.08 Å². The largest absolute Gasteiger partial charge is 0.465 e. The van der Waals surface area contributed by atoms with Gasteiger partial charge >= 0.3 is 12.1 Å². The number of benzene rings is 1. The number of nitrogens with zero attached hydrogens (tertiary/aromatic N) is 2. The second kappa shape index (κ2) is 6.75. The van der Waals surface area contributed by atoms with E-state index in [0.717, 1.165) is 4.90 Å². The molecule has 7 heteroatoms. The first-order valence-electron chi connectivity index (χ1n) is 6.75. The summed E-state index contributed by atoms with van der Waals surface area (Å²) in [5.74, 6) is -0.781. The van der Waals surface area contributed by atoms with Crippen molar-refractivity contribution in [2.24, 2.45) is 0 Å². The Kier molecular flexibility index (Phi) is 4.77. The third-order valence-corrected chi connectivity index (χ3v) is 3.12. The van der Waals surface area contributed by atoms with Crippen molar-refractivity contribution in [1.82, 2.24) is 4.90 Å². The second-order valence-corrected chi connectivity index (χ2v) is 4.59. The molecule has 0 radical (unpaired) electrons. The number of esters is 1. The highest BCUT2D eigenvalue weighted by molar-refractivity contribution is 6.01. The molecule has 2 rings (SSSR count). The van der Waals surface area contributed by atoms with Gasteiger partial charge in [0.1, 0.15) is 13.2 Å². The van der Waals surface area contributed by atoms with Crippen LogP contribution in [0.25, 0.3) is 6.08 Å². The van der Waals surface area contributed by atoms with Gasteiger partial charge in [-0.3, -0.25) is 14.6 Å². The monoisotopic (exact) mass is 304 g/mol. The zero-order valence-corrected chi connectivity index (χ0v) is 12.1. The Bertz CT molecular complexity index is 626. The summed E-state index contributed by atoms with van der Waals surface area (Å²) in [6, 6.07) is 6.95. The molecular formula is C15H16N2O5. The predicted octanol–water partition coefficient (Wildman–Crippen LogP) is 1.55. The van der Waals surface area contributed by atoms with E-state index in [2.05, 4.69) is 0 Å². The topological polar surface area (TPSA) is 87.2 Å². The van der Waals surface area contributed by atoms with Crippen molar-refractivity contribution in [1.29, 1.82) is 0 Å². The molecule has 7 nitrogen and oxygen atoms in total. The van der Waals surface area contributed by atoms with E-state index in [0.29, 0.717) is 11.3 Å². The Morgan fingerprint density at radius 2 is 2.09 bits per heavy atom. The minimum absolute atomic E-state index is 0.0293. The first kappa shape index (κ1) is 15.6. The maximum absolute atomic E-state index is 12.0. The van der Waals surface area contributed by atoms with Crippen molar-refractivity contribution < 1.29 is 24.2 Å². The highest BCUT2D eigenvalue weighted by Gasteiger charge is 2.32. The number of hydrogen-bond donors (Lipinski definition) is 1. The highest BCUT2D eigenvalue weighted by atomic mass is 16.5. The van der Waals surface area contributed by atoms with Crippen LogP contribution in [-0.4, -0.2) is 47.8 Å². The number of amides is 2. The standard InChI is InChI=1S/C15H16N2O5/c1-2-22-14(19)8-7-11-5-3-4-6-12(11)17-10-16(15(20)21)9-13(17)18/h3-8H,2,9-10H2,1H3,(H,20,21). The van der Waals surface area contributed by atoms with Crippen molar-refractivity contribution in [3.8, 4) is 0 Å². The van der Waals surface area contributed by atoms with Crippen LogP contribution in [0.1, 0.15) is 12.5 Å². The maximum atomic E-state index is 12.0. The summed E-state index contributed by atoms with van der Waals surface area (Å²) < 4.78 is 4.81. The van der Waals surface area contributed by atoms with Gasteiger partial charge in [0.25, 0.3) is 0 Å². The molecule has 1 aromatic carbocycles. The van der Waals surface area contributed by atoms with E-state index in [9.17, 15) is 14.4 Å². The van der Waals surface area contributed by atoms with E-state index < -0.39 is 12.1 Å². The average molecular weight is 304 g/mol. The van der Waals surface area contributed by atoms with Gasteiger partial charge in [-0.2, -0.15) is 0 Å². The molecule has 0 spiro atoms. The lowest BCUT2D eigenvalue weighted by Crippen LogP contribution is -2.30. The molecule has 22 heavy (non-hydrogen) atoms. The molecule has 1 heterocycles.